The van der Waals surface area contributed by atoms with E-state index in [1.807, 2.05) is 0 Å². The number of rotatable bonds is 4. The zero-order chi connectivity index (χ0) is 15.4. The van der Waals surface area contributed by atoms with Gasteiger partial charge in [0, 0.05) is 11.6 Å². The Bertz CT molecular complexity index is 683. The monoisotopic (exact) mass is 305 g/mol. The number of carboxylic acids is 1. The van der Waals surface area contributed by atoms with Crippen LogP contribution in [-0.4, -0.2) is 24.1 Å². The largest absolute Gasteiger partial charge is 0.497 e. The summed E-state index contributed by atoms with van der Waals surface area (Å²) in [4.78, 5) is 22.8. The first-order valence-electron chi connectivity index (χ1n) is 5.99. The van der Waals surface area contributed by atoms with Crippen molar-refractivity contribution in [2.45, 2.75) is 0 Å². The topological polar surface area (TPSA) is 75.6 Å². The molecule has 1 amide bonds. The molecule has 21 heavy (non-hydrogen) atoms. The van der Waals surface area contributed by atoms with E-state index in [2.05, 4.69) is 5.32 Å². The van der Waals surface area contributed by atoms with Gasteiger partial charge in [0.25, 0.3) is 5.91 Å². The summed E-state index contributed by atoms with van der Waals surface area (Å²) in [7, 11) is 1.51. The minimum Gasteiger partial charge on any atom is -0.497 e. The highest BCUT2D eigenvalue weighted by molar-refractivity contribution is 6.34. The van der Waals surface area contributed by atoms with Crippen molar-refractivity contribution in [3.05, 3.63) is 58.6 Å². The fraction of sp³-hybridized carbons (Fsp3) is 0.0667. The van der Waals surface area contributed by atoms with Crippen LogP contribution in [0.5, 0.6) is 5.75 Å². The second-order valence-electron chi connectivity index (χ2n) is 4.18. The van der Waals surface area contributed by atoms with Crippen molar-refractivity contribution in [3.8, 4) is 5.75 Å². The zero-order valence-corrected chi connectivity index (χ0v) is 11.8. The number of carbonyl (C=O) groups is 2. The smallest absolute Gasteiger partial charge is 0.335 e. The molecule has 0 saturated heterocycles. The van der Waals surface area contributed by atoms with Gasteiger partial charge in [0.15, 0.2) is 0 Å². The highest BCUT2D eigenvalue weighted by Gasteiger charge is 2.10. The molecule has 2 N–H and O–H groups in total. The molecule has 0 saturated carbocycles. The molecular formula is C15H12ClNO4. The lowest BCUT2D eigenvalue weighted by molar-refractivity contribution is 0.0696. The molecule has 0 bridgehead atoms. The number of carboxylic acid groups (broad SMARTS) is 1. The lowest BCUT2D eigenvalue weighted by atomic mass is 10.1. The molecule has 5 nitrogen and oxygen atoms in total. The Hall–Kier alpha value is -2.53. The molecule has 2 rings (SSSR count). The predicted molar refractivity (Wildman–Crippen MR) is 79.4 cm³/mol. The number of methoxy groups -OCH3 is 1. The number of halogens is 1. The molecule has 6 heteroatoms. The van der Waals surface area contributed by atoms with E-state index in [1.165, 1.54) is 31.4 Å². The first-order chi connectivity index (χ1) is 10.0. The molecule has 0 aromatic heterocycles. The molecule has 0 aliphatic heterocycles. The number of carbonyl (C=O) groups excluding carboxylic acids is 1. The van der Waals surface area contributed by atoms with Crippen LogP contribution in [-0.2, 0) is 0 Å². The molecule has 2 aromatic rings. The summed E-state index contributed by atoms with van der Waals surface area (Å²) < 4.78 is 5.06. The lowest BCUT2D eigenvalue weighted by Crippen LogP contribution is -2.12. The van der Waals surface area contributed by atoms with Crippen molar-refractivity contribution in [3.63, 3.8) is 0 Å². The van der Waals surface area contributed by atoms with E-state index in [0.717, 1.165) is 0 Å². The third-order valence-corrected chi connectivity index (χ3v) is 3.15. The lowest BCUT2D eigenvalue weighted by Gasteiger charge is -2.09. The number of nitrogens with one attached hydrogen (secondary N) is 1. The van der Waals surface area contributed by atoms with E-state index in [0.29, 0.717) is 22.0 Å². The molecule has 0 atom stereocenters. The van der Waals surface area contributed by atoms with Crippen molar-refractivity contribution in [2.24, 2.45) is 0 Å². The summed E-state index contributed by atoms with van der Waals surface area (Å²) in [5.74, 6) is -0.865. The SMILES string of the molecule is COc1ccc(Cl)c(NC(=O)c2ccc(C(=O)O)cc2)c1. The van der Waals surface area contributed by atoms with Crippen LogP contribution in [0, 0.1) is 0 Å². The number of amides is 1. The van der Waals surface area contributed by atoms with Crippen molar-refractivity contribution in [1.82, 2.24) is 0 Å². The van der Waals surface area contributed by atoms with Crippen LogP contribution in [0.1, 0.15) is 20.7 Å². The zero-order valence-electron chi connectivity index (χ0n) is 11.1. The molecule has 2 aromatic carbocycles. The van der Waals surface area contributed by atoms with Gasteiger partial charge in [-0.05, 0) is 36.4 Å². The van der Waals surface area contributed by atoms with E-state index in [4.69, 9.17) is 21.4 Å². The third kappa shape index (κ3) is 3.52. The number of hydrogen-bond donors (Lipinski definition) is 2. The first-order valence-corrected chi connectivity index (χ1v) is 6.37. The van der Waals surface area contributed by atoms with Gasteiger partial charge in [-0.25, -0.2) is 4.79 Å². The summed E-state index contributed by atoms with van der Waals surface area (Å²) in [5.41, 5.74) is 0.869. The Morgan fingerprint density at radius 3 is 2.29 bits per heavy atom. The normalized spacial score (nSPS) is 10.0. The highest BCUT2D eigenvalue weighted by Crippen LogP contribution is 2.27. The summed E-state index contributed by atoms with van der Waals surface area (Å²) in [6.07, 6.45) is 0. The minimum atomic E-state index is -1.04. The van der Waals surface area contributed by atoms with Crippen molar-refractivity contribution >= 4 is 29.2 Å². The number of hydrogen-bond acceptors (Lipinski definition) is 3. The number of ether oxygens (including phenoxy) is 1. The van der Waals surface area contributed by atoms with Crippen LogP contribution in [0.2, 0.25) is 5.02 Å². The summed E-state index contributed by atoms with van der Waals surface area (Å²) in [6.45, 7) is 0. The van der Waals surface area contributed by atoms with E-state index < -0.39 is 5.97 Å². The maximum absolute atomic E-state index is 12.1. The maximum atomic E-state index is 12.1. The maximum Gasteiger partial charge on any atom is 0.335 e. The number of benzene rings is 2. The Balaban J connectivity index is 2.19. The van der Waals surface area contributed by atoms with Gasteiger partial charge in [-0.2, -0.15) is 0 Å². The van der Waals surface area contributed by atoms with Gasteiger partial charge in [0.2, 0.25) is 0 Å². The van der Waals surface area contributed by atoms with Crippen LogP contribution in [0.25, 0.3) is 0 Å². The predicted octanol–water partition coefficient (Wildman–Crippen LogP) is 3.30. The number of anilines is 1. The van der Waals surface area contributed by atoms with E-state index in [-0.39, 0.29) is 11.5 Å². The van der Waals surface area contributed by atoms with Gasteiger partial charge >= 0.3 is 5.97 Å². The molecular weight excluding hydrogens is 294 g/mol. The third-order valence-electron chi connectivity index (χ3n) is 2.82. The van der Waals surface area contributed by atoms with Gasteiger partial charge in [-0.1, -0.05) is 11.6 Å². The van der Waals surface area contributed by atoms with Crippen LogP contribution >= 0.6 is 11.6 Å². The standard InChI is InChI=1S/C15H12ClNO4/c1-21-11-6-7-12(16)13(8-11)17-14(18)9-2-4-10(5-3-9)15(19)20/h2-8H,1H3,(H,17,18)(H,19,20). The fourth-order valence-corrected chi connectivity index (χ4v) is 1.85. The van der Waals surface area contributed by atoms with Crippen molar-refractivity contribution in [1.29, 1.82) is 0 Å². The molecule has 0 fully saturated rings. The van der Waals surface area contributed by atoms with Crippen LogP contribution in [0.3, 0.4) is 0 Å². The van der Waals surface area contributed by atoms with Gasteiger partial charge in [0.05, 0.1) is 23.4 Å². The molecule has 0 spiro atoms. The Morgan fingerprint density at radius 2 is 1.71 bits per heavy atom. The number of aromatic carboxylic acids is 1. The van der Waals surface area contributed by atoms with Gasteiger partial charge in [0.1, 0.15) is 5.75 Å². The molecule has 0 radical (unpaired) electrons. The Kier molecular flexibility index (Phi) is 4.45. The van der Waals surface area contributed by atoms with E-state index in [1.54, 1.807) is 18.2 Å². The summed E-state index contributed by atoms with van der Waals surface area (Å²) in [6, 6.07) is 10.5. The molecule has 0 heterocycles. The fourth-order valence-electron chi connectivity index (χ4n) is 1.69. The minimum absolute atomic E-state index is 0.117. The van der Waals surface area contributed by atoms with Crippen molar-refractivity contribution in [2.75, 3.05) is 12.4 Å². The highest BCUT2D eigenvalue weighted by atomic mass is 35.5. The van der Waals surface area contributed by atoms with Crippen LogP contribution in [0.15, 0.2) is 42.5 Å². The van der Waals surface area contributed by atoms with Gasteiger partial charge in [-0.15, -0.1) is 0 Å². The molecule has 108 valence electrons. The Labute approximate surface area is 126 Å². The molecule has 0 aliphatic rings. The van der Waals surface area contributed by atoms with Gasteiger partial charge in [-0.3, -0.25) is 4.79 Å². The summed E-state index contributed by atoms with van der Waals surface area (Å²) in [5, 5.41) is 11.8. The average Bonchev–Trinajstić information content (AvgIpc) is 2.49. The van der Waals surface area contributed by atoms with Crippen LogP contribution < -0.4 is 10.1 Å². The molecule has 0 unspecified atom stereocenters. The molecule has 0 aliphatic carbocycles. The second-order valence-corrected chi connectivity index (χ2v) is 4.59. The van der Waals surface area contributed by atoms with Gasteiger partial charge < -0.3 is 15.2 Å². The average molecular weight is 306 g/mol. The van der Waals surface area contributed by atoms with Crippen molar-refractivity contribution < 1.29 is 19.4 Å². The van der Waals surface area contributed by atoms with E-state index in [9.17, 15) is 9.59 Å². The van der Waals surface area contributed by atoms with Crippen LogP contribution in [0.4, 0.5) is 5.69 Å². The second kappa shape index (κ2) is 6.28. The first kappa shape index (κ1) is 14.9. The summed E-state index contributed by atoms with van der Waals surface area (Å²) >= 11 is 6.00. The quantitative estimate of drug-likeness (QED) is 0.908. The Morgan fingerprint density at radius 1 is 1.10 bits per heavy atom. The van der Waals surface area contributed by atoms with E-state index >= 15 is 0 Å².